The maximum atomic E-state index is 12.7. The fourth-order valence-electron chi connectivity index (χ4n) is 2.72. The molecule has 0 radical (unpaired) electrons. The summed E-state index contributed by atoms with van der Waals surface area (Å²) >= 11 is 6.18. The van der Waals surface area contributed by atoms with Crippen molar-refractivity contribution in [2.24, 2.45) is 5.41 Å². The molecule has 1 aliphatic rings. The molecule has 1 amide bonds. The van der Waals surface area contributed by atoms with E-state index >= 15 is 0 Å². The highest BCUT2D eigenvalue weighted by Gasteiger charge is 2.30. The molecular formula is C16H24ClN3O. The Balaban J connectivity index is 2.17. The molecule has 1 fully saturated rings. The van der Waals surface area contributed by atoms with Gasteiger partial charge in [-0.15, -0.1) is 0 Å². The van der Waals surface area contributed by atoms with E-state index in [-0.39, 0.29) is 11.3 Å². The third-order valence-corrected chi connectivity index (χ3v) is 4.13. The van der Waals surface area contributed by atoms with Crippen molar-refractivity contribution in [3.8, 4) is 0 Å². The fraction of sp³-hybridized carbons (Fsp3) is 0.625. The van der Waals surface area contributed by atoms with E-state index in [0.717, 1.165) is 38.9 Å². The second kappa shape index (κ2) is 6.65. The third kappa shape index (κ3) is 4.10. The number of carbonyl (C=O) groups excluding carboxylic acids is 1. The van der Waals surface area contributed by atoms with Crippen molar-refractivity contribution in [2.45, 2.75) is 40.0 Å². The fourth-order valence-corrected chi connectivity index (χ4v) is 2.90. The van der Waals surface area contributed by atoms with Gasteiger partial charge in [0.1, 0.15) is 5.82 Å². The van der Waals surface area contributed by atoms with Crippen LogP contribution in [0.3, 0.4) is 0 Å². The standard InChI is InChI=1S/C16H24ClN3O/c1-4-7-18-14-9-12(13(17)10-19-14)15(21)20-8-5-6-16(2,3)11-20/h9-10H,4-8,11H2,1-3H3,(H,18,19). The van der Waals surface area contributed by atoms with E-state index in [1.165, 1.54) is 0 Å². The lowest BCUT2D eigenvalue weighted by Crippen LogP contribution is -2.43. The lowest BCUT2D eigenvalue weighted by Gasteiger charge is -2.38. The number of anilines is 1. The summed E-state index contributed by atoms with van der Waals surface area (Å²) in [7, 11) is 0. The van der Waals surface area contributed by atoms with Gasteiger partial charge in [-0.2, -0.15) is 0 Å². The molecule has 0 aromatic carbocycles. The quantitative estimate of drug-likeness (QED) is 0.919. The lowest BCUT2D eigenvalue weighted by molar-refractivity contribution is 0.0583. The number of likely N-dealkylation sites (tertiary alicyclic amines) is 1. The molecule has 0 spiro atoms. The molecule has 0 bridgehead atoms. The zero-order valence-electron chi connectivity index (χ0n) is 13.1. The maximum Gasteiger partial charge on any atom is 0.255 e. The van der Waals surface area contributed by atoms with Gasteiger partial charge in [0.2, 0.25) is 0 Å². The number of hydrogen-bond acceptors (Lipinski definition) is 3. The minimum atomic E-state index is 0.00900. The van der Waals surface area contributed by atoms with Crippen molar-refractivity contribution in [2.75, 3.05) is 25.0 Å². The van der Waals surface area contributed by atoms with E-state index in [1.54, 1.807) is 12.3 Å². The number of nitrogens with zero attached hydrogens (tertiary/aromatic N) is 2. The van der Waals surface area contributed by atoms with Gasteiger partial charge in [0.25, 0.3) is 5.91 Å². The van der Waals surface area contributed by atoms with Crippen LogP contribution in [0.5, 0.6) is 0 Å². The van der Waals surface area contributed by atoms with Crippen molar-refractivity contribution < 1.29 is 4.79 Å². The molecule has 1 saturated heterocycles. The van der Waals surface area contributed by atoms with Gasteiger partial charge >= 0.3 is 0 Å². The summed E-state index contributed by atoms with van der Waals surface area (Å²) in [6, 6.07) is 1.77. The first-order valence-corrected chi connectivity index (χ1v) is 7.99. The second-order valence-corrected chi connectivity index (χ2v) is 6.88. The van der Waals surface area contributed by atoms with E-state index in [9.17, 15) is 4.79 Å². The van der Waals surface area contributed by atoms with E-state index in [2.05, 4.69) is 31.1 Å². The Labute approximate surface area is 131 Å². The van der Waals surface area contributed by atoms with Gasteiger partial charge in [0, 0.05) is 25.8 Å². The highest BCUT2D eigenvalue weighted by molar-refractivity contribution is 6.33. The third-order valence-electron chi connectivity index (χ3n) is 3.83. The van der Waals surface area contributed by atoms with Crippen LogP contribution in [0.15, 0.2) is 12.3 Å². The van der Waals surface area contributed by atoms with E-state index < -0.39 is 0 Å². The van der Waals surface area contributed by atoms with Gasteiger partial charge < -0.3 is 10.2 Å². The van der Waals surface area contributed by atoms with Crippen molar-refractivity contribution in [1.29, 1.82) is 0 Å². The predicted molar refractivity (Wildman–Crippen MR) is 86.9 cm³/mol. The van der Waals surface area contributed by atoms with Gasteiger partial charge in [-0.25, -0.2) is 4.98 Å². The Kier molecular flexibility index (Phi) is 5.09. The topological polar surface area (TPSA) is 45.2 Å². The van der Waals surface area contributed by atoms with Crippen LogP contribution in [0.4, 0.5) is 5.82 Å². The van der Waals surface area contributed by atoms with Crippen LogP contribution >= 0.6 is 11.6 Å². The molecule has 1 N–H and O–H groups in total. The van der Waals surface area contributed by atoms with Crippen LogP contribution in [-0.4, -0.2) is 35.4 Å². The number of halogens is 1. The van der Waals surface area contributed by atoms with Gasteiger partial charge in [-0.1, -0.05) is 32.4 Å². The van der Waals surface area contributed by atoms with Gasteiger partial charge in [0.15, 0.2) is 0 Å². The molecule has 4 nitrogen and oxygen atoms in total. The molecule has 2 rings (SSSR count). The molecule has 0 unspecified atom stereocenters. The summed E-state index contributed by atoms with van der Waals surface area (Å²) in [6.07, 6.45) is 4.77. The first-order chi connectivity index (χ1) is 9.93. The summed E-state index contributed by atoms with van der Waals surface area (Å²) in [6.45, 7) is 8.91. The molecule has 0 atom stereocenters. The largest absolute Gasteiger partial charge is 0.370 e. The maximum absolute atomic E-state index is 12.7. The zero-order chi connectivity index (χ0) is 15.5. The Morgan fingerprint density at radius 1 is 1.52 bits per heavy atom. The smallest absolute Gasteiger partial charge is 0.255 e. The summed E-state index contributed by atoms with van der Waals surface area (Å²) in [5.74, 6) is 0.718. The Morgan fingerprint density at radius 3 is 2.95 bits per heavy atom. The molecule has 0 saturated carbocycles. The van der Waals surface area contributed by atoms with Crippen LogP contribution in [-0.2, 0) is 0 Å². The molecule has 2 heterocycles. The van der Waals surface area contributed by atoms with Crippen molar-refractivity contribution in [3.05, 3.63) is 22.8 Å². The molecular weight excluding hydrogens is 286 g/mol. The van der Waals surface area contributed by atoms with Gasteiger partial charge in [-0.05, 0) is 30.7 Å². The molecule has 116 valence electrons. The van der Waals surface area contributed by atoms with Crippen LogP contribution in [0.1, 0.15) is 50.4 Å². The average molecular weight is 310 g/mol. The molecule has 0 aliphatic carbocycles. The minimum Gasteiger partial charge on any atom is -0.370 e. The summed E-state index contributed by atoms with van der Waals surface area (Å²) in [4.78, 5) is 18.9. The van der Waals surface area contributed by atoms with Crippen LogP contribution < -0.4 is 5.32 Å². The molecule has 21 heavy (non-hydrogen) atoms. The number of pyridine rings is 1. The number of aromatic nitrogens is 1. The van der Waals surface area contributed by atoms with Gasteiger partial charge in [0.05, 0.1) is 10.6 Å². The first kappa shape index (κ1) is 16.1. The number of amides is 1. The monoisotopic (exact) mass is 309 g/mol. The number of piperidine rings is 1. The Bertz CT molecular complexity index is 516. The van der Waals surface area contributed by atoms with Crippen LogP contribution in [0.2, 0.25) is 5.02 Å². The highest BCUT2D eigenvalue weighted by atomic mass is 35.5. The Hall–Kier alpha value is -1.29. The lowest BCUT2D eigenvalue weighted by atomic mass is 9.84. The summed E-state index contributed by atoms with van der Waals surface area (Å²) in [5.41, 5.74) is 0.722. The van der Waals surface area contributed by atoms with E-state index in [1.807, 2.05) is 4.90 Å². The normalized spacial score (nSPS) is 17.6. The number of hydrogen-bond donors (Lipinski definition) is 1. The second-order valence-electron chi connectivity index (χ2n) is 6.47. The van der Waals surface area contributed by atoms with Crippen molar-refractivity contribution in [3.63, 3.8) is 0 Å². The van der Waals surface area contributed by atoms with Crippen molar-refractivity contribution in [1.82, 2.24) is 9.88 Å². The van der Waals surface area contributed by atoms with Gasteiger partial charge in [-0.3, -0.25) is 4.79 Å². The van der Waals surface area contributed by atoms with E-state index in [0.29, 0.717) is 16.4 Å². The highest BCUT2D eigenvalue weighted by Crippen LogP contribution is 2.30. The average Bonchev–Trinajstić information content (AvgIpc) is 2.44. The molecule has 1 aromatic rings. The number of rotatable bonds is 4. The minimum absolute atomic E-state index is 0.00900. The van der Waals surface area contributed by atoms with Crippen LogP contribution in [0, 0.1) is 5.41 Å². The SMILES string of the molecule is CCCNc1cc(C(=O)N2CCCC(C)(C)C2)c(Cl)cn1. The van der Waals surface area contributed by atoms with Crippen LogP contribution in [0.25, 0.3) is 0 Å². The first-order valence-electron chi connectivity index (χ1n) is 7.61. The summed E-state index contributed by atoms with van der Waals surface area (Å²) < 4.78 is 0. The number of carbonyl (C=O) groups is 1. The molecule has 1 aromatic heterocycles. The number of nitrogens with one attached hydrogen (secondary N) is 1. The zero-order valence-corrected chi connectivity index (χ0v) is 13.8. The molecule has 5 heteroatoms. The predicted octanol–water partition coefficient (Wildman–Crippen LogP) is 3.82. The summed E-state index contributed by atoms with van der Waals surface area (Å²) in [5, 5.41) is 3.62. The Morgan fingerprint density at radius 2 is 2.29 bits per heavy atom. The molecule has 1 aliphatic heterocycles. The van der Waals surface area contributed by atoms with Crippen molar-refractivity contribution >= 4 is 23.3 Å². The van der Waals surface area contributed by atoms with E-state index in [4.69, 9.17) is 11.6 Å².